The number of hydrogen-bond acceptors (Lipinski definition) is 4. The maximum Gasteiger partial charge on any atom is 0.152 e. The van der Waals surface area contributed by atoms with Gasteiger partial charge in [-0.05, 0) is 12.0 Å². The minimum absolute atomic E-state index is 0.416. The van der Waals surface area contributed by atoms with E-state index in [-0.39, 0.29) is 0 Å². The first kappa shape index (κ1) is 13.8. The first-order valence-corrected chi connectivity index (χ1v) is 7.47. The van der Waals surface area contributed by atoms with Crippen LogP contribution in [-0.2, 0) is 0 Å². The van der Waals surface area contributed by atoms with Gasteiger partial charge in [-0.15, -0.1) is 18.2 Å². The van der Waals surface area contributed by atoms with Crippen LogP contribution in [-0.4, -0.2) is 32.6 Å². The summed E-state index contributed by atoms with van der Waals surface area (Å²) in [5.41, 5.74) is 2.10. The Morgan fingerprint density at radius 2 is 2.37 bits per heavy atom. The highest BCUT2D eigenvalue weighted by Gasteiger charge is 2.09. The monoisotopic (exact) mass is 274 g/mol. The molecule has 2 heterocycles. The lowest BCUT2D eigenvalue weighted by atomic mass is 10.1. The van der Waals surface area contributed by atoms with Gasteiger partial charge in [0.05, 0.1) is 11.4 Å². The lowest BCUT2D eigenvalue weighted by molar-refractivity contribution is 0.787. The van der Waals surface area contributed by atoms with E-state index in [9.17, 15) is 0 Å². The van der Waals surface area contributed by atoms with E-state index in [2.05, 4.69) is 41.2 Å². The van der Waals surface area contributed by atoms with Crippen molar-refractivity contribution in [3.63, 3.8) is 0 Å². The molecule has 19 heavy (non-hydrogen) atoms. The molecule has 1 N–H and O–H groups in total. The summed E-state index contributed by atoms with van der Waals surface area (Å²) in [5, 5.41) is 7.87. The van der Waals surface area contributed by atoms with Crippen molar-refractivity contribution in [2.45, 2.75) is 19.8 Å². The highest BCUT2D eigenvalue weighted by atomic mass is 32.2. The average Bonchev–Trinajstić information content (AvgIpc) is 2.83. The topological polar surface area (TPSA) is 42.2 Å². The van der Waals surface area contributed by atoms with Gasteiger partial charge in [0.2, 0.25) is 0 Å². The van der Waals surface area contributed by atoms with Gasteiger partial charge in [-0.2, -0.15) is 5.10 Å². The summed E-state index contributed by atoms with van der Waals surface area (Å²) < 4.78 is 1.87. The normalized spacial score (nSPS) is 10.8. The van der Waals surface area contributed by atoms with Crippen molar-refractivity contribution in [1.29, 1.82) is 0 Å². The minimum atomic E-state index is 0.416. The molecular weight excluding hydrogens is 256 g/mol. The Hall–Kier alpha value is -1.67. The quantitative estimate of drug-likeness (QED) is 0.649. The summed E-state index contributed by atoms with van der Waals surface area (Å²) in [5.74, 6) is 5.63. The van der Waals surface area contributed by atoms with E-state index in [1.54, 1.807) is 18.0 Å². The van der Waals surface area contributed by atoms with Gasteiger partial charge in [0.1, 0.15) is 5.52 Å². The van der Waals surface area contributed by atoms with Crippen molar-refractivity contribution in [2.75, 3.05) is 23.4 Å². The molecule has 0 unspecified atom stereocenters. The molecular formula is C14H18N4S. The third kappa shape index (κ3) is 3.42. The molecule has 0 atom stereocenters. The van der Waals surface area contributed by atoms with E-state index in [1.807, 2.05) is 10.7 Å². The SMILES string of the molecule is C#CCSCCNc1nccn2nc(C(C)C)cc12. The second-order valence-corrected chi connectivity index (χ2v) is 5.62. The predicted molar refractivity (Wildman–Crippen MR) is 81.7 cm³/mol. The highest BCUT2D eigenvalue weighted by molar-refractivity contribution is 7.99. The van der Waals surface area contributed by atoms with Crippen LogP contribution in [0.15, 0.2) is 18.5 Å². The van der Waals surface area contributed by atoms with Crippen molar-refractivity contribution >= 4 is 23.1 Å². The third-order valence-electron chi connectivity index (χ3n) is 2.72. The molecule has 0 spiro atoms. The smallest absolute Gasteiger partial charge is 0.152 e. The zero-order chi connectivity index (χ0) is 13.7. The molecule has 0 saturated heterocycles. The first-order chi connectivity index (χ1) is 9.22. The molecule has 100 valence electrons. The lowest BCUT2D eigenvalue weighted by Gasteiger charge is -2.05. The van der Waals surface area contributed by atoms with Crippen molar-refractivity contribution in [3.05, 3.63) is 24.2 Å². The summed E-state index contributed by atoms with van der Waals surface area (Å²) in [4.78, 5) is 4.38. The predicted octanol–water partition coefficient (Wildman–Crippen LogP) is 2.63. The molecule has 0 aliphatic carbocycles. The van der Waals surface area contributed by atoms with Gasteiger partial charge in [-0.25, -0.2) is 9.50 Å². The molecule has 0 fully saturated rings. The van der Waals surface area contributed by atoms with Crippen LogP contribution in [0.2, 0.25) is 0 Å². The van der Waals surface area contributed by atoms with E-state index in [0.29, 0.717) is 5.92 Å². The van der Waals surface area contributed by atoms with Crippen LogP contribution >= 0.6 is 11.8 Å². The number of nitrogens with zero attached hydrogens (tertiary/aromatic N) is 3. The second-order valence-electron chi connectivity index (χ2n) is 4.51. The van der Waals surface area contributed by atoms with Crippen molar-refractivity contribution < 1.29 is 0 Å². The molecule has 4 nitrogen and oxygen atoms in total. The van der Waals surface area contributed by atoms with Crippen LogP contribution < -0.4 is 5.32 Å². The van der Waals surface area contributed by atoms with Gasteiger partial charge in [0, 0.05) is 24.7 Å². The Labute approximate surface area is 118 Å². The van der Waals surface area contributed by atoms with Crippen LogP contribution in [0, 0.1) is 12.3 Å². The zero-order valence-electron chi connectivity index (χ0n) is 11.3. The van der Waals surface area contributed by atoms with Crippen molar-refractivity contribution in [3.8, 4) is 12.3 Å². The van der Waals surface area contributed by atoms with Gasteiger partial charge in [0.25, 0.3) is 0 Å². The fraction of sp³-hybridized carbons (Fsp3) is 0.429. The number of terminal acetylenes is 1. The van der Waals surface area contributed by atoms with E-state index in [1.165, 1.54) is 0 Å². The van der Waals surface area contributed by atoms with Gasteiger partial charge in [-0.1, -0.05) is 19.8 Å². The Morgan fingerprint density at radius 1 is 1.53 bits per heavy atom. The van der Waals surface area contributed by atoms with Gasteiger partial charge in [-0.3, -0.25) is 0 Å². The molecule has 0 radical (unpaired) electrons. The number of anilines is 1. The molecule has 0 amide bonds. The Kier molecular flexibility index (Phi) is 4.69. The molecule has 0 saturated carbocycles. The van der Waals surface area contributed by atoms with Crippen LogP contribution in [0.25, 0.3) is 5.52 Å². The number of hydrogen-bond donors (Lipinski definition) is 1. The molecule has 0 aromatic carbocycles. The molecule has 0 aliphatic rings. The number of aromatic nitrogens is 3. The molecule has 5 heteroatoms. The van der Waals surface area contributed by atoms with Crippen LogP contribution in [0.1, 0.15) is 25.5 Å². The van der Waals surface area contributed by atoms with E-state index in [0.717, 1.165) is 35.1 Å². The number of rotatable bonds is 6. The van der Waals surface area contributed by atoms with Gasteiger partial charge in [0.15, 0.2) is 5.82 Å². The summed E-state index contributed by atoms with van der Waals surface area (Å²) in [6.07, 6.45) is 8.85. The van der Waals surface area contributed by atoms with Crippen LogP contribution in [0.5, 0.6) is 0 Å². The standard InChI is InChI=1S/C14H18N4S/c1-4-8-19-9-6-16-14-13-10-12(11(2)3)17-18(13)7-5-15-14/h1,5,7,10-11H,6,8-9H2,2-3H3,(H,15,16). The Balaban J connectivity index is 2.08. The van der Waals surface area contributed by atoms with Crippen molar-refractivity contribution in [2.24, 2.45) is 0 Å². The summed E-state index contributed by atoms with van der Waals surface area (Å²) in [7, 11) is 0. The van der Waals surface area contributed by atoms with E-state index in [4.69, 9.17) is 6.42 Å². The number of thioether (sulfide) groups is 1. The maximum absolute atomic E-state index is 5.21. The largest absolute Gasteiger partial charge is 0.367 e. The third-order valence-corrected chi connectivity index (χ3v) is 3.59. The fourth-order valence-corrected chi connectivity index (χ4v) is 2.24. The summed E-state index contributed by atoms with van der Waals surface area (Å²) in [6, 6.07) is 2.09. The highest BCUT2D eigenvalue weighted by Crippen LogP contribution is 2.19. The summed E-state index contributed by atoms with van der Waals surface area (Å²) in [6.45, 7) is 5.12. The molecule has 2 aromatic rings. The number of nitrogens with one attached hydrogen (secondary N) is 1. The van der Waals surface area contributed by atoms with Crippen molar-refractivity contribution in [1.82, 2.24) is 14.6 Å². The van der Waals surface area contributed by atoms with Gasteiger partial charge >= 0.3 is 0 Å². The molecule has 2 rings (SSSR count). The molecule has 0 aliphatic heterocycles. The maximum atomic E-state index is 5.21. The van der Waals surface area contributed by atoms with Gasteiger partial charge < -0.3 is 5.32 Å². The zero-order valence-corrected chi connectivity index (χ0v) is 12.1. The molecule has 2 aromatic heterocycles. The van der Waals surface area contributed by atoms with E-state index >= 15 is 0 Å². The van der Waals surface area contributed by atoms with Crippen LogP contribution in [0.3, 0.4) is 0 Å². The lowest BCUT2D eigenvalue weighted by Crippen LogP contribution is -2.07. The Bertz CT molecular complexity index is 583. The minimum Gasteiger partial charge on any atom is -0.367 e. The average molecular weight is 274 g/mol. The Morgan fingerprint density at radius 3 is 3.11 bits per heavy atom. The molecule has 0 bridgehead atoms. The number of fused-ring (bicyclic) bond motifs is 1. The van der Waals surface area contributed by atoms with Crippen LogP contribution in [0.4, 0.5) is 5.82 Å². The fourth-order valence-electron chi connectivity index (χ4n) is 1.73. The second kappa shape index (κ2) is 6.48. The summed E-state index contributed by atoms with van der Waals surface area (Å²) >= 11 is 1.74. The first-order valence-electron chi connectivity index (χ1n) is 6.31. The van der Waals surface area contributed by atoms with E-state index < -0.39 is 0 Å².